The van der Waals surface area contributed by atoms with Crippen LogP contribution in [0.4, 0.5) is 0 Å². The van der Waals surface area contributed by atoms with Gasteiger partial charge in [0.1, 0.15) is 5.79 Å². The van der Waals surface area contributed by atoms with Gasteiger partial charge in [0.2, 0.25) is 0 Å². The zero-order chi connectivity index (χ0) is 9.03. The average molecular weight is 172 g/mol. The van der Waals surface area contributed by atoms with Crippen molar-refractivity contribution in [1.82, 2.24) is 10.2 Å². The molecule has 0 bridgehead atoms. The third-order valence-corrected chi connectivity index (χ3v) is 2.36. The normalized spacial score (nSPS) is 21.2. The van der Waals surface area contributed by atoms with Crippen LogP contribution in [0.3, 0.4) is 0 Å². The second-order valence-electron chi connectivity index (χ2n) is 3.48. The Kier molecular flexibility index (Phi) is 3.46. The Morgan fingerprint density at radius 1 is 1.33 bits per heavy atom. The summed E-state index contributed by atoms with van der Waals surface area (Å²) in [5, 5.41) is 3.28. The maximum absolute atomic E-state index is 5.98. The molecule has 0 aromatic carbocycles. The summed E-state index contributed by atoms with van der Waals surface area (Å²) in [6, 6.07) is 0. The SMILES string of the molecule is CCCC(N)(N)N1CCNCC1. The van der Waals surface area contributed by atoms with Gasteiger partial charge >= 0.3 is 0 Å². The van der Waals surface area contributed by atoms with Gasteiger partial charge in [-0.2, -0.15) is 0 Å². The largest absolute Gasteiger partial charge is 0.314 e. The number of nitrogens with zero attached hydrogens (tertiary/aromatic N) is 1. The van der Waals surface area contributed by atoms with Crippen LogP contribution in [-0.2, 0) is 0 Å². The number of hydrogen-bond donors (Lipinski definition) is 3. The van der Waals surface area contributed by atoms with Crippen molar-refractivity contribution in [2.75, 3.05) is 26.2 Å². The Labute approximate surface area is 74.3 Å². The predicted octanol–water partition coefficient (Wildman–Crippen LogP) is -0.737. The number of nitrogens with one attached hydrogen (secondary N) is 1. The number of hydrogen-bond acceptors (Lipinski definition) is 4. The van der Waals surface area contributed by atoms with Crippen LogP contribution < -0.4 is 16.8 Å². The van der Waals surface area contributed by atoms with Gasteiger partial charge < -0.3 is 16.8 Å². The van der Waals surface area contributed by atoms with E-state index in [1.807, 2.05) is 0 Å². The van der Waals surface area contributed by atoms with Crippen molar-refractivity contribution in [1.29, 1.82) is 0 Å². The Bertz CT molecular complexity index is 129. The summed E-state index contributed by atoms with van der Waals surface area (Å²) in [6.45, 7) is 6.04. The highest BCUT2D eigenvalue weighted by Crippen LogP contribution is 2.09. The molecule has 0 saturated carbocycles. The van der Waals surface area contributed by atoms with Crippen LogP contribution in [0.2, 0.25) is 0 Å². The fourth-order valence-corrected chi connectivity index (χ4v) is 1.64. The zero-order valence-corrected chi connectivity index (χ0v) is 7.84. The second kappa shape index (κ2) is 4.18. The molecule has 0 aliphatic carbocycles. The van der Waals surface area contributed by atoms with Gasteiger partial charge in [0.25, 0.3) is 0 Å². The molecule has 12 heavy (non-hydrogen) atoms. The van der Waals surface area contributed by atoms with Gasteiger partial charge in [0, 0.05) is 26.2 Å². The van der Waals surface area contributed by atoms with Gasteiger partial charge in [-0.15, -0.1) is 0 Å². The van der Waals surface area contributed by atoms with E-state index in [9.17, 15) is 0 Å². The van der Waals surface area contributed by atoms with Crippen molar-refractivity contribution in [2.24, 2.45) is 11.5 Å². The molecule has 0 atom stereocenters. The van der Waals surface area contributed by atoms with Crippen molar-refractivity contribution in [3.63, 3.8) is 0 Å². The Balaban J connectivity index is 2.41. The maximum Gasteiger partial charge on any atom is 0.120 e. The van der Waals surface area contributed by atoms with Gasteiger partial charge in [-0.3, -0.25) is 4.90 Å². The predicted molar refractivity (Wildman–Crippen MR) is 50.5 cm³/mol. The minimum atomic E-state index is -0.586. The lowest BCUT2D eigenvalue weighted by atomic mass is 10.1. The highest BCUT2D eigenvalue weighted by Gasteiger charge is 2.27. The molecule has 0 aromatic rings. The first kappa shape index (κ1) is 9.92. The van der Waals surface area contributed by atoms with E-state index < -0.39 is 5.79 Å². The summed E-state index contributed by atoms with van der Waals surface area (Å²) in [5.74, 6) is -0.586. The molecular weight excluding hydrogens is 152 g/mol. The highest BCUT2D eigenvalue weighted by atomic mass is 15.4. The molecule has 0 unspecified atom stereocenters. The molecule has 1 saturated heterocycles. The fraction of sp³-hybridized carbons (Fsp3) is 1.00. The molecule has 4 nitrogen and oxygen atoms in total. The van der Waals surface area contributed by atoms with Gasteiger partial charge in [-0.1, -0.05) is 13.3 Å². The highest BCUT2D eigenvalue weighted by molar-refractivity contribution is 4.81. The first-order chi connectivity index (χ1) is 5.67. The molecule has 0 spiro atoms. The molecule has 0 radical (unpaired) electrons. The van der Waals surface area contributed by atoms with Crippen LogP contribution in [0.5, 0.6) is 0 Å². The summed E-state index contributed by atoms with van der Waals surface area (Å²) in [5.41, 5.74) is 12.0. The van der Waals surface area contributed by atoms with Crippen LogP contribution in [0.25, 0.3) is 0 Å². The lowest BCUT2D eigenvalue weighted by molar-refractivity contribution is 0.0742. The topological polar surface area (TPSA) is 67.3 Å². The van der Waals surface area contributed by atoms with Crippen molar-refractivity contribution in [3.8, 4) is 0 Å². The Hall–Kier alpha value is -0.160. The summed E-state index contributed by atoms with van der Waals surface area (Å²) < 4.78 is 0. The molecule has 1 heterocycles. The van der Waals surface area contributed by atoms with Crippen LogP contribution >= 0.6 is 0 Å². The zero-order valence-electron chi connectivity index (χ0n) is 7.84. The molecule has 4 heteroatoms. The molecule has 1 aliphatic rings. The molecule has 1 fully saturated rings. The van der Waals surface area contributed by atoms with E-state index >= 15 is 0 Å². The third kappa shape index (κ3) is 2.42. The Morgan fingerprint density at radius 3 is 2.42 bits per heavy atom. The van der Waals surface area contributed by atoms with Gasteiger partial charge in [-0.05, 0) is 6.42 Å². The van der Waals surface area contributed by atoms with Crippen molar-refractivity contribution < 1.29 is 0 Å². The number of rotatable bonds is 3. The fourth-order valence-electron chi connectivity index (χ4n) is 1.64. The van der Waals surface area contributed by atoms with E-state index in [0.717, 1.165) is 39.0 Å². The van der Waals surface area contributed by atoms with Crippen LogP contribution in [0.15, 0.2) is 0 Å². The van der Waals surface area contributed by atoms with Gasteiger partial charge in [0.05, 0.1) is 0 Å². The van der Waals surface area contributed by atoms with Gasteiger partial charge in [-0.25, -0.2) is 0 Å². The van der Waals surface area contributed by atoms with Gasteiger partial charge in [0.15, 0.2) is 0 Å². The summed E-state index contributed by atoms with van der Waals surface area (Å²) in [7, 11) is 0. The van der Waals surface area contributed by atoms with E-state index in [-0.39, 0.29) is 0 Å². The molecule has 72 valence electrons. The second-order valence-corrected chi connectivity index (χ2v) is 3.48. The first-order valence-electron chi connectivity index (χ1n) is 4.70. The molecule has 1 rings (SSSR count). The van der Waals surface area contributed by atoms with E-state index in [2.05, 4.69) is 17.1 Å². The first-order valence-corrected chi connectivity index (χ1v) is 4.70. The third-order valence-electron chi connectivity index (χ3n) is 2.36. The van der Waals surface area contributed by atoms with Crippen LogP contribution in [0, 0.1) is 0 Å². The van der Waals surface area contributed by atoms with E-state index in [1.165, 1.54) is 0 Å². The standard InChI is InChI=1S/C8H20N4/c1-2-3-8(9,10)12-6-4-11-5-7-12/h11H,2-7,9-10H2,1H3. The molecule has 0 aromatic heterocycles. The van der Waals surface area contributed by atoms with Crippen LogP contribution in [0.1, 0.15) is 19.8 Å². The smallest absolute Gasteiger partial charge is 0.120 e. The maximum atomic E-state index is 5.98. The number of piperazine rings is 1. The molecular formula is C8H20N4. The lowest BCUT2D eigenvalue weighted by Crippen LogP contribution is -2.66. The lowest BCUT2D eigenvalue weighted by Gasteiger charge is -2.40. The van der Waals surface area contributed by atoms with E-state index in [0.29, 0.717) is 0 Å². The van der Waals surface area contributed by atoms with E-state index in [4.69, 9.17) is 11.5 Å². The van der Waals surface area contributed by atoms with Crippen molar-refractivity contribution in [3.05, 3.63) is 0 Å². The average Bonchev–Trinajstić information content (AvgIpc) is 2.06. The Morgan fingerprint density at radius 2 is 1.92 bits per heavy atom. The summed E-state index contributed by atoms with van der Waals surface area (Å²) >= 11 is 0. The summed E-state index contributed by atoms with van der Waals surface area (Å²) in [4.78, 5) is 2.16. The minimum Gasteiger partial charge on any atom is -0.314 e. The minimum absolute atomic E-state index is 0.586. The summed E-state index contributed by atoms with van der Waals surface area (Å²) in [6.07, 6.45) is 1.91. The van der Waals surface area contributed by atoms with Crippen molar-refractivity contribution in [2.45, 2.75) is 25.6 Å². The van der Waals surface area contributed by atoms with Crippen LogP contribution in [-0.4, -0.2) is 36.9 Å². The quantitative estimate of drug-likeness (QED) is 0.491. The number of nitrogens with two attached hydrogens (primary N) is 2. The van der Waals surface area contributed by atoms with Crippen molar-refractivity contribution >= 4 is 0 Å². The molecule has 0 amide bonds. The monoisotopic (exact) mass is 172 g/mol. The molecule has 1 aliphatic heterocycles. The van der Waals surface area contributed by atoms with E-state index in [1.54, 1.807) is 0 Å². The molecule has 5 N–H and O–H groups in total.